The van der Waals surface area contributed by atoms with Crippen molar-refractivity contribution in [3.8, 4) is 0 Å². The van der Waals surface area contributed by atoms with Crippen LogP contribution < -0.4 is 5.32 Å². The molecule has 2 heteroatoms. The number of hydrogen-bond donors (Lipinski definition) is 1. The summed E-state index contributed by atoms with van der Waals surface area (Å²) in [5.41, 5.74) is 0.312. The van der Waals surface area contributed by atoms with E-state index in [9.17, 15) is 0 Å². The zero-order chi connectivity index (χ0) is 9.73. The van der Waals surface area contributed by atoms with Crippen molar-refractivity contribution in [2.45, 2.75) is 26.7 Å². The molecule has 1 N–H and O–H groups in total. The number of hydrogen-bond acceptors (Lipinski definition) is 2. The van der Waals surface area contributed by atoms with E-state index in [2.05, 4.69) is 19.2 Å². The molecule has 13 heavy (non-hydrogen) atoms. The van der Waals surface area contributed by atoms with Crippen molar-refractivity contribution in [1.29, 1.82) is 0 Å². The summed E-state index contributed by atoms with van der Waals surface area (Å²) in [6.45, 7) is 5.54. The Labute approximate surface area is 80.3 Å². The van der Waals surface area contributed by atoms with Crippen LogP contribution in [0.5, 0.6) is 0 Å². The van der Waals surface area contributed by atoms with Crippen molar-refractivity contribution in [2.24, 2.45) is 5.41 Å². The van der Waals surface area contributed by atoms with Gasteiger partial charge < -0.3 is 9.73 Å². The Hall–Kier alpha value is -0.760. The van der Waals surface area contributed by atoms with Crippen LogP contribution in [0.1, 0.15) is 26.0 Å². The summed E-state index contributed by atoms with van der Waals surface area (Å²) in [6.07, 6.45) is 3.91. The molecule has 0 amide bonds. The van der Waals surface area contributed by atoms with E-state index in [1.807, 2.05) is 19.2 Å². The molecule has 0 aliphatic heterocycles. The fraction of sp³-hybridized carbons (Fsp3) is 0.636. The molecule has 74 valence electrons. The van der Waals surface area contributed by atoms with Crippen LogP contribution in [0.25, 0.3) is 0 Å². The normalized spacial score (nSPS) is 15.6. The Balaban J connectivity index is 2.58. The molecule has 0 fully saturated rings. The summed E-state index contributed by atoms with van der Waals surface area (Å²) in [6, 6.07) is 3.99. The molecule has 0 saturated carbocycles. The first-order chi connectivity index (χ1) is 6.20. The van der Waals surface area contributed by atoms with Gasteiger partial charge in [0.2, 0.25) is 0 Å². The van der Waals surface area contributed by atoms with Gasteiger partial charge in [-0.2, -0.15) is 0 Å². The van der Waals surface area contributed by atoms with Crippen molar-refractivity contribution < 1.29 is 4.42 Å². The van der Waals surface area contributed by atoms with Gasteiger partial charge in [0.25, 0.3) is 0 Å². The highest BCUT2D eigenvalue weighted by atomic mass is 16.3. The third-order valence-electron chi connectivity index (χ3n) is 2.64. The average Bonchev–Trinajstić information content (AvgIpc) is 2.57. The molecule has 1 aromatic heterocycles. The summed E-state index contributed by atoms with van der Waals surface area (Å²) >= 11 is 0. The monoisotopic (exact) mass is 181 g/mol. The molecule has 0 radical (unpaired) electrons. The highest BCUT2D eigenvalue weighted by Crippen LogP contribution is 2.25. The van der Waals surface area contributed by atoms with Crippen LogP contribution in [0.15, 0.2) is 22.8 Å². The molecular weight excluding hydrogens is 162 g/mol. The lowest BCUT2D eigenvalue weighted by Crippen LogP contribution is -2.31. The van der Waals surface area contributed by atoms with Gasteiger partial charge >= 0.3 is 0 Å². The first-order valence-electron chi connectivity index (χ1n) is 4.87. The zero-order valence-corrected chi connectivity index (χ0v) is 8.76. The standard InChI is InChI=1S/C11H19NO/c1-4-11(2,9-12-3)8-10-6-5-7-13-10/h5-7,12H,4,8-9H2,1-3H3. The molecule has 0 aliphatic rings. The van der Waals surface area contributed by atoms with E-state index in [1.165, 1.54) is 0 Å². The van der Waals surface area contributed by atoms with Gasteiger partial charge in [0, 0.05) is 13.0 Å². The maximum Gasteiger partial charge on any atom is 0.104 e. The van der Waals surface area contributed by atoms with E-state index in [-0.39, 0.29) is 0 Å². The minimum atomic E-state index is 0.312. The van der Waals surface area contributed by atoms with Crippen LogP contribution in [-0.2, 0) is 6.42 Å². The van der Waals surface area contributed by atoms with Gasteiger partial charge in [0.15, 0.2) is 0 Å². The molecule has 1 aromatic rings. The predicted molar refractivity (Wildman–Crippen MR) is 54.7 cm³/mol. The molecule has 0 bridgehead atoms. The van der Waals surface area contributed by atoms with Crippen molar-refractivity contribution in [3.63, 3.8) is 0 Å². The topological polar surface area (TPSA) is 25.2 Å². The molecule has 1 atom stereocenters. The van der Waals surface area contributed by atoms with Crippen LogP contribution in [0.3, 0.4) is 0 Å². The maximum atomic E-state index is 5.35. The van der Waals surface area contributed by atoms with Crippen molar-refractivity contribution in [1.82, 2.24) is 5.32 Å². The number of furan rings is 1. The van der Waals surface area contributed by atoms with Crippen LogP contribution in [0.2, 0.25) is 0 Å². The fourth-order valence-electron chi connectivity index (χ4n) is 1.57. The molecule has 0 saturated heterocycles. The molecule has 1 unspecified atom stereocenters. The average molecular weight is 181 g/mol. The minimum Gasteiger partial charge on any atom is -0.469 e. The third-order valence-corrected chi connectivity index (χ3v) is 2.64. The molecule has 0 aromatic carbocycles. The summed E-state index contributed by atoms with van der Waals surface area (Å²) in [5.74, 6) is 1.08. The molecule has 1 heterocycles. The van der Waals surface area contributed by atoms with Crippen LogP contribution in [0.4, 0.5) is 0 Å². The summed E-state index contributed by atoms with van der Waals surface area (Å²) in [4.78, 5) is 0. The number of nitrogens with one attached hydrogen (secondary N) is 1. The highest BCUT2D eigenvalue weighted by molar-refractivity contribution is 5.01. The first-order valence-corrected chi connectivity index (χ1v) is 4.87. The number of rotatable bonds is 5. The molecule has 0 spiro atoms. The molecule has 2 nitrogen and oxygen atoms in total. The van der Waals surface area contributed by atoms with Crippen molar-refractivity contribution in [2.75, 3.05) is 13.6 Å². The van der Waals surface area contributed by atoms with Crippen molar-refractivity contribution in [3.05, 3.63) is 24.2 Å². The van der Waals surface area contributed by atoms with Crippen LogP contribution >= 0.6 is 0 Å². The molecule has 0 aliphatic carbocycles. The second-order valence-corrected chi connectivity index (χ2v) is 3.95. The Morgan fingerprint density at radius 1 is 1.54 bits per heavy atom. The quantitative estimate of drug-likeness (QED) is 0.754. The van der Waals surface area contributed by atoms with E-state index >= 15 is 0 Å². The van der Waals surface area contributed by atoms with Gasteiger partial charge in [0.1, 0.15) is 5.76 Å². The van der Waals surface area contributed by atoms with Crippen LogP contribution in [0, 0.1) is 5.41 Å². The fourth-order valence-corrected chi connectivity index (χ4v) is 1.57. The van der Waals surface area contributed by atoms with Gasteiger partial charge in [-0.15, -0.1) is 0 Å². The Morgan fingerprint density at radius 3 is 2.77 bits per heavy atom. The van der Waals surface area contributed by atoms with Crippen molar-refractivity contribution >= 4 is 0 Å². The highest BCUT2D eigenvalue weighted by Gasteiger charge is 2.22. The van der Waals surface area contributed by atoms with Gasteiger partial charge in [0.05, 0.1) is 6.26 Å². The van der Waals surface area contributed by atoms with E-state index in [0.29, 0.717) is 5.41 Å². The third kappa shape index (κ3) is 2.88. The second kappa shape index (κ2) is 4.47. The van der Waals surface area contributed by atoms with E-state index in [4.69, 9.17) is 4.42 Å². The summed E-state index contributed by atoms with van der Waals surface area (Å²) in [7, 11) is 2.00. The van der Waals surface area contributed by atoms with Gasteiger partial charge in [-0.1, -0.05) is 13.8 Å². The Bertz CT molecular complexity index is 230. The second-order valence-electron chi connectivity index (χ2n) is 3.95. The van der Waals surface area contributed by atoms with Gasteiger partial charge in [-0.3, -0.25) is 0 Å². The van der Waals surface area contributed by atoms with Crippen LogP contribution in [-0.4, -0.2) is 13.6 Å². The Morgan fingerprint density at radius 2 is 2.31 bits per heavy atom. The lowest BCUT2D eigenvalue weighted by atomic mass is 9.83. The van der Waals surface area contributed by atoms with E-state index in [1.54, 1.807) is 6.26 Å². The first kappa shape index (κ1) is 10.3. The zero-order valence-electron chi connectivity index (χ0n) is 8.76. The van der Waals surface area contributed by atoms with E-state index < -0.39 is 0 Å². The Kier molecular flexibility index (Phi) is 3.55. The van der Waals surface area contributed by atoms with Gasteiger partial charge in [-0.25, -0.2) is 0 Å². The summed E-state index contributed by atoms with van der Waals surface area (Å²) in [5, 5.41) is 3.23. The summed E-state index contributed by atoms with van der Waals surface area (Å²) < 4.78 is 5.35. The smallest absolute Gasteiger partial charge is 0.104 e. The lowest BCUT2D eigenvalue weighted by molar-refractivity contribution is 0.276. The molecule has 1 rings (SSSR count). The predicted octanol–water partition coefficient (Wildman–Crippen LogP) is 2.46. The van der Waals surface area contributed by atoms with E-state index in [0.717, 1.165) is 25.1 Å². The minimum absolute atomic E-state index is 0.312. The SMILES string of the molecule is CCC(C)(CNC)Cc1ccco1. The molecular formula is C11H19NO. The largest absolute Gasteiger partial charge is 0.469 e. The van der Waals surface area contributed by atoms with Gasteiger partial charge in [-0.05, 0) is 31.0 Å². The maximum absolute atomic E-state index is 5.35. The lowest BCUT2D eigenvalue weighted by Gasteiger charge is -2.26.